The molecule has 0 spiro atoms. The molecule has 0 saturated heterocycles. The molecule has 1 N–H and O–H groups in total. The molecular formula is C17H18INO4. The van der Waals surface area contributed by atoms with Gasteiger partial charge in [0.1, 0.15) is 5.75 Å². The number of carbonyl (C=O) groups excluding carboxylic acids is 1. The average Bonchev–Trinajstić information content (AvgIpc) is 2.55. The molecule has 0 bridgehead atoms. The second-order valence-corrected chi connectivity index (χ2v) is 5.77. The third kappa shape index (κ3) is 4.28. The van der Waals surface area contributed by atoms with Crippen molar-refractivity contribution in [3.05, 3.63) is 45.5 Å². The van der Waals surface area contributed by atoms with E-state index in [1.807, 2.05) is 19.1 Å². The highest BCUT2D eigenvalue weighted by Gasteiger charge is 2.15. The number of halogens is 1. The Morgan fingerprint density at radius 2 is 1.96 bits per heavy atom. The predicted molar refractivity (Wildman–Crippen MR) is 97.8 cm³/mol. The Balaban J connectivity index is 2.28. The van der Waals surface area contributed by atoms with Crippen LogP contribution in [-0.4, -0.2) is 26.7 Å². The fourth-order valence-electron chi connectivity index (χ4n) is 2.06. The van der Waals surface area contributed by atoms with Crippen LogP contribution in [0.3, 0.4) is 0 Å². The van der Waals surface area contributed by atoms with E-state index in [2.05, 4.69) is 27.9 Å². The summed E-state index contributed by atoms with van der Waals surface area (Å²) in [4.78, 5) is 12.5. The number of anilines is 1. The van der Waals surface area contributed by atoms with Crippen LogP contribution >= 0.6 is 22.6 Å². The van der Waals surface area contributed by atoms with Crippen LogP contribution in [-0.2, 0) is 0 Å². The predicted octanol–water partition coefficient (Wildman–Crippen LogP) is 3.96. The molecule has 0 aliphatic carbocycles. The second-order valence-electron chi connectivity index (χ2n) is 4.61. The molecule has 0 aromatic heterocycles. The Morgan fingerprint density at radius 1 is 1.17 bits per heavy atom. The monoisotopic (exact) mass is 427 g/mol. The van der Waals surface area contributed by atoms with Gasteiger partial charge in [0.15, 0.2) is 11.5 Å². The number of ether oxygens (including phenoxy) is 3. The maximum Gasteiger partial charge on any atom is 0.255 e. The molecule has 2 aromatic rings. The van der Waals surface area contributed by atoms with Crippen molar-refractivity contribution in [3.63, 3.8) is 0 Å². The van der Waals surface area contributed by atoms with E-state index in [4.69, 9.17) is 14.2 Å². The summed E-state index contributed by atoms with van der Waals surface area (Å²) < 4.78 is 16.9. The van der Waals surface area contributed by atoms with Crippen LogP contribution < -0.4 is 19.5 Å². The highest BCUT2D eigenvalue weighted by molar-refractivity contribution is 14.1. The first-order valence-corrected chi connectivity index (χ1v) is 8.12. The molecular weight excluding hydrogens is 409 g/mol. The number of nitrogens with one attached hydrogen (secondary N) is 1. The summed E-state index contributed by atoms with van der Waals surface area (Å²) in [5.41, 5.74) is 1.17. The molecule has 6 heteroatoms. The lowest BCUT2D eigenvalue weighted by Gasteiger charge is -2.13. The van der Waals surface area contributed by atoms with Crippen molar-refractivity contribution < 1.29 is 19.0 Å². The highest BCUT2D eigenvalue weighted by atomic mass is 127. The first-order valence-electron chi connectivity index (χ1n) is 7.04. The zero-order valence-corrected chi connectivity index (χ0v) is 15.3. The number of rotatable bonds is 6. The van der Waals surface area contributed by atoms with Crippen molar-refractivity contribution in [2.45, 2.75) is 6.92 Å². The number of amides is 1. The minimum absolute atomic E-state index is 0.222. The van der Waals surface area contributed by atoms with Crippen LogP contribution in [0.15, 0.2) is 36.4 Å². The number of hydrogen-bond donors (Lipinski definition) is 1. The van der Waals surface area contributed by atoms with Crippen molar-refractivity contribution >= 4 is 34.2 Å². The van der Waals surface area contributed by atoms with Gasteiger partial charge >= 0.3 is 0 Å². The molecule has 0 aliphatic heterocycles. The molecule has 0 atom stereocenters. The molecule has 0 unspecified atom stereocenters. The minimum atomic E-state index is -0.222. The second kappa shape index (κ2) is 8.05. The van der Waals surface area contributed by atoms with E-state index in [-0.39, 0.29) is 5.91 Å². The summed E-state index contributed by atoms with van der Waals surface area (Å²) in [6.07, 6.45) is 0. The molecule has 23 heavy (non-hydrogen) atoms. The fourth-order valence-corrected chi connectivity index (χ4v) is 2.89. The van der Waals surface area contributed by atoms with Crippen LogP contribution in [0.25, 0.3) is 0 Å². The molecule has 0 heterocycles. The summed E-state index contributed by atoms with van der Waals surface area (Å²) in [6.45, 7) is 2.38. The molecule has 2 aromatic carbocycles. The topological polar surface area (TPSA) is 56.8 Å². The van der Waals surface area contributed by atoms with Gasteiger partial charge in [0.2, 0.25) is 0 Å². The van der Waals surface area contributed by atoms with Gasteiger partial charge in [-0.15, -0.1) is 0 Å². The van der Waals surface area contributed by atoms with E-state index in [1.165, 1.54) is 0 Å². The van der Waals surface area contributed by atoms with E-state index < -0.39 is 0 Å². The lowest BCUT2D eigenvalue weighted by atomic mass is 10.1. The van der Waals surface area contributed by atoms with Crippen LogP contribution in [0.2, 0.25) is 0 Å². The van der Waals surface area contributed by atoms with Gasteiger partial charge in [-0.05, 0) is 53.8 Å². The van der Waals surface area contributed by atoms with Gasteiger partial charge in [-0.25, -0.2) is 0 Å². The number of hydrogen-bond acceptors (Lipinski definition) is 4. The molecule has 2 rings (SSSR count). The standard InChI is InChI=1S/C17H18INO4/c1-4-23-15-9-11(8-14(18)16(15)22-3)17(20)19-12-6-5-7-13(10-12)21-2/h5-10H,4H2,1-3H3,(H,19,20). The summed E-state index contributed by atoms with van der Waals surface area (Å²) in [6, 6.07) is 10.6. The van der Waals surface area contributed by atoms with Crippen molar-refractivity contribution in [1.29, 1.82) is 0 Å². The Hall–Kier alpha value is -1.96. The number of methoxy groups -OCH3 is 2. The van der Waals surface area contributed by atoms with E-state index in [1.54, 1.807) is 38.5 Å². The molecule has 5 nitrogen and oxygen atoms in total. The van der Waals surface area contributed by atoms with E-state index in [9.17, 15) is 4.79 Å². The van der Waals surface area contributed by atoms with Gasteiger partial charge in [0.05, 0.1) is 24.4 Å². The SMILES string of the molecule is CCOc1cc(C(=O)Nc2cccc(OC)c2)cc(I)c1OC. The van der Waals surface area contributed by atoms with E-state index in [0.717, 1.165) is 3.57 Å². The van der Waals surface area contributed by atoms with E-state index >= 15 is 0 Å². The average molecular weight is 427 g/mol. The van der Waals surface area contributed by atoms with Gasteiger partial charge in [-0.2, -0.15) is 0 Å². The van der Waals surface area contributed by atoms with Gasteiger partial charge in [-0.1, -0.05) is 6.07 Å². The summed E-state index contributed by atoms with van der Waals surface area (Å²) in [5, 5.41) is 2.85. The lowest BCUT2D eigenvalue weighted by molar-refractivity contribution is 0.102. The maximum absolute atomic E-state index is 12.5. The molecule has 1 amide bonds. The minimum Gasteiger partial charge on any atom is -0.497 e. The van der Waals surface area contributed by atoms with Crippen LogP contribution in [0.5, 0.6) is 17.2 Å². The Bertz CT molecular complexity index is 703. The zero-order chi connectivity index (χ0) is 16.8. The van der Waals surface area contributed by atoms with Gasteiger partial charge < -0.3 is 19.5 Å². The third-order valence-electron chi connectivity index (χ3n) is 3.10. The smallest absolute Gasteiger partial charge is 0.255 e. The van der Waals surface area contributed by atoms with Crippen molar-refractivity contribution in [2.75, 3.05) is 26.1 Å². The Morgan fingerprint density at radius 3 is 2.61 bits per heavy atom. The molecule has 122 valence electrons. The number of carbonyl (C=O) groups is 1. The lowest BCUT2D eigenvalue weighted by Crippen LogP contribution is -2.13. The molecule has 0 saturated carbocycles. The van der Waals surface area contributed by atoms with Crippen molar-refractivity contribution in [3.8, 4) is 17.2 Å². The normalized spacial score (nSPS) is 10.1. The van der Waals surface area contributed by atoms with Crippen molar-refractivity contribution in [1.82, 2.24) is 0 Å². The van der Waals surface area contributed by atoms with Gasteiger partial charge in [0, 0.05) is 17.3 Å². The van der Waals surface area contributed by atoms with Crippen molar-refractivity contribution in [2.24, 2.45) is 0 Å². The molecule has 0 aliphatic rings. The first-order chi connectivity index (χ1) is 11.1. The quantitative estimate of drug-likeness (QED) is 0.710. The summed E-state index contributed by atoms with van der Waals surface area (Å²) in [5.74, 6) is 1.64. The third-order valence-corrected chi connectivity index (χ3v) is 3.90. The number of benzene rings is 2. The maximum atomic E-state index is 12.5. The first kappa shape index (κ1) is 17.4. The van der Waals surface area contributed by atoms with Gasteiger partial charge in [-0.3, -0.25) is 4.79 Å². The van der Waals surface area contributed by atoms with Crippen LogP contribution in [0.4, 0.5) is 5.69 Å². The zero-order valence-electron chi connectivity index (χ0n) is 13.2. The Labute approximate surface area is 149 Å². The largest absolute Gasteiger partial charge is 0.497 e. The van der Waals surface area contributed by atoms with Gasteiger partial charge in [0.25, 0.3) is 5.91 Å². The van der Waals surface area contributed by atoms with E-state index in [0.29, 0.717) is 35.1 Å². The van der Waals surface area contributed by atoms with Crippen LogP contribution in [0, 0.1) is 3.57 Å². The molecule has 0 radical (unpaired) electrons. The fraction of sp³-hybridized carbons (Fsp3) is 0.235. The molecule has 0 fully saturated rings. The Kier molecular flexibility index (Phi) is 6.09. The van der Waals surface area contributed by atoms with Crippen LogP contribution in [0.1, 0.15) is 17.3 Å². The highest BCUT2D eigenvalue weighted by Crippen LogP contribution is 2.34. The summed E-state index contributed by atoms with van der Waals surface area (Å²) in [7, 11) is 3.16. The summed E-state index contributed by atoms with van der Waals surface area (Å²) >= 11 is 2.12.